The Morgan fingerprint density at radius 1 is 1.04 bits per heavy atom. The van der Waals surface area contributed by atoms with Crippen molar-refractivity contribution in [2.24, 2.45) is 0 Å². The van der Waals surface area contributed by atoms with E-state index < -0.39 is 0 Å². The second-order valence-corrected chi connectivity index (χ2v) is 8.98. The van der Waals surface area contributed by atoms with E-state index in [1.165, 1.54) is 0 Å². The highest BCUT2D eigenvalue weighted by molar-refractivity contribution is 14.1. The first-order chi connectivity index (χ1) is 12.6. The van der Waals surface area contributed by atoms with Crippen molar-refractivity contribution in [1.82, 2.24) is 0 Å². The van der Waals surface area contributed by atoms with Gasteiger partial charge < -0.3 is 14.0 Å². The zero-order valence-corrected chi connectivity index (χ0v) is 18.5. The first-order valence-corrected chi connectivity index (χ1v) is 10.1. The molecule has 0 atom stereocenters. The lowest BCUT2D eigenvalue weighted by molar-refractivity contribution is 0.00578. The average molecular weight is 478 g/mol. The maximum atomic E-state index is 12.3. The summed E-state index contributed by atoms with van der Waals surface area (Å²) in [7, 11) is -0.388. The lowest BCUT2D eigenvalue weighted by Gasteiger charge is -2.32. The number of carbonyl (C=O) groups is 1. The minimum atomic E-state index is -0.388. The number of ether oxygens (including phenoxy) is 1. The van der Waals surface area contributed by atoms with Gasteiger partial charge >= 0.3 is 13.1 Å². The molecule has 1 aliphatic heterocycles. The fraction of sp³-hybridized carbons (Fsp3) is 0.381. The van der Waals surface area contributed by atoms with E-state index in [1.807, 2.05) is 71.0 Å². The van der Waals surface area contributed by atoms with Crippen LogP contribution in [0.3, 0.4) is 0 Å². The van der Waals surface area contributed by atoms with Crippen molar-refractivity contribution in [1.29, 1.82) is 0 Å². The number of rotatable bonds is 4. The Morgan fingerprint density at radius 2 is 1.63 bits per heavy atom. The Labute approximate surface area is 174 Å². The lowest BCUT2D eigenvalue weighted by atomic mass is 9.79. The Bertz CT molecular complexity index is 830. The van der Waals surface area contributed by atoms with Gasteiger partial charge in [0.25, 0.3) is 0 Å². The summed E-state index contributed by atoms with van der Waals surface area (Å²) in [5.74, 6) is -0.305. The molecule has 0 N–H and O–H groups in total. The summed E-state index contributed by atoms with van der Waals surface area (Å²) in [5, 5.41) is 0. The quantitative estimate of drug-likeness (QED) is 0.375. The van der Waals surface area contributed by atoms with Crippen LogP contribution in [-0.2, 0) is 20.7 Å². The standard InChI is InChI=1S/C21H24BIO4/c1-14-17(7-6-8-18(14)23)19(24)25-13-15-9-11-16(12-10-15)22-26-20(2,3)21(4,5)27-22/h6-12H,13H2,1-5H3. The number of benzene rings is 2. The predicted octanol–water partition coefficient (Wildman–Crippen LogP) is 4.26. The number of halogens is 1. The molecule has 2 aromatic rings. The zero-order valence-electron chi connectivity index (χ0n) is 16.3. The van der Waals surface area contributed by atoms with Gasteiger partial charge in [-0.2, -0.15) is 0 Å². The molecule has 1 aliphatic rings. The third-order valence-electron chi connectivity index (χ3n) is 5.36. The molecule has 1 heterocycles. The normalized spacial score (nSPS) is 17.8. The van der Waals surface area contributed by atoms with Crippen molar-refractivity contribution in [3.8, 4) is 0 Å². The fourth-order valence-electron chi connectivity index (χ4n) is 2.81. The topological polar surface area (TPSA) is 44.8 Å². The molecule has 0 unspecified atom stereocenters. The summed E-state index contributed by atoms with van der Waals surface area (Å²) in [5.41, 5.74) is 2.70. The largest absolute Gasteiger partial charge is 0.494 e. The summed E-state index contributed by atoms with van der Waals surface area (Å²) in [6, 6.07) is 13.4. The molecule has 4 nitrogen and oxygen atoms in total. The first kappa shape index (κ1) is 20.4. The molecule has 0 spiro atoms. The molecule has 6 heteroatoms. The molecular formula is C21H24BIO4. The molecule has 142 valence electrons. The fourth-order valence-corrected chi connectivity index (χ4v) is 3.30. The molecule has 1 saturated heterocycles. The van der Waals surface area contributed by atoms with E-state index in [-0.39, 0.29) is 30.9 Å². The monoisotopic (exact) mass is 478 g/mol. The van der Waals surface area contributed by atoms with E-state index in [0.717, 1.165) is 20.2 Å². The summed E-state index contributed by atoms with van der Waals surface area (Å²) in [4.78, 5) is 12.3. The van der Waals surface area contributed by atoms with Gasteiger partial charge in [0.05, 0.1) is 16.8 Å². The van der Waals surface area contributed by atoms with Crippen LogP contribution in [0.2, 0.25) is 0 Å². The molecule has 27 heavy (non-hydrogen) atoms. The van der Waals surface area contributed by atoms with E-state index in [9.17, 15) is 4.79 Å². The van der Waals surface area contributed by atoms with Gasteiger partial charge in [0.2, 0.25) is 0 Å². The Hall–Kier alpha value is -1.38. The highest BCUT2D eigenvalue weighted by atomic mass is 127. The van der Waals surface area contributed by atoms with Crippen molar-refractivity contribution < 1.29 is 18.8 Å². The molecule has 0 saturated carbocycles. The second-order valence-electron chi connectivity index (χ2n) is 7.82. The molecule has 0 radical (unpaired) electrons. The van der Waals surface area contributed by atoms with Crippen molar-refractivity contribution in [3.63, 3.8) is 0 Å². The predicted molar refractivity (Wildman–Crippen MR) is 115 cm³/mol. The Balaban J connectivity index is 1.63. The molecule has 0 aromatic heterocycles. The van der Waals surface area contributed by atoms with Gasteiger partial charge in [-0.05, 0) is 85.9 Å². The van der Waals surface area contributed by atoms with Crippen molar-refractivity contribution in [2.45, 2.75) is 52.4 Å². The van der Waals surface area contributed by atoms with E-state index in [0.29, 0.717) is 5.56 Å². The van der Waals surface area contributed by atoms with Crippen molar-refractivity contribution in [3.05, 3.63) is 62.7 Å². The van der Waals surface area contributed by atoms with E-state index >= 15 is 0 Å². The van der Waals surface area contributed by atoms with Crippen LogP contribution in [-0.4, -0.2) is 24.3 Å². The summed E-state index contributed by atoms with van der Waals surface area (Å²) in [6.07, 6.45) is 0. The van der Waals surface area contributed by atoms with Crippen LogP contribution >= 0.6 is 22.6 Å². The van der Waals surface area contributed by atoms with Crippen LogP contribution in [0.15, 0.2) is 42.5 Å². The van der Waals surface area contributed by atoms with E-state index in [1.54, 1.807) is 6.07 Å². The zero-order chi connectivity index (χ0) is 19.8. The van der Waals surface area contributed by atoms with Gasteiger partial charge in [0, 0.05) is 3.57 Å². The smallest absolute Gasteiger partial charge is 0.457 e. The number of carbonyl (C=O) groups excluding carboxylic acids is 1. The van der Waals surface area contributed by atoms with Crippen LogP contribution in [0.25, 0.3) is 0 Å². The first-order valence-electron chi connectivity index (χ1n) is 8.97. The van der Waals surface area contributed by atoms with Crippen LogP contribution in [0.5, 0.6) is 0 Å². The maximum absolute atomic E-state index is 12.3. The van der Waals surface area contributed by atoms with Crippen molar-refractivity contribution in [2.75, 3.05) is 0 Å². The van der Waals surface area contributed by atoms with Gasteiger partial charge in [0.15, 0.2) is 0 Å². The van der Waals surface area contributed by atoms with Gasteiger partial charge in [-0.3, -0.25) is 0 Å². The number of esters is 1. The number of hydrogen-bond donors (Lipinski definition) is 0. The van der Waals surface area contributed by atoms with E-state index in [2.05, 4.69) is 22.6 Å². The lowest BCUT2D eigenvalue weighted by Crippen LogP contribution is -2.41. The molecule has 0 aliphatic carbocycles. The van der Waals surface area contributed by atoms with Crippen LogP contribution in [0.4, 0.5) is 0 Å². The highest BCUT2D eigenvalue weighted by Gasteiger charge is 2.51. The summed E-state index contributed by atoms with van der Waals surface area (Å²) >= 11 is 2.22. The highest BCUT2D eigenvalue weighted by Crippen LogP contribution is 2.36. The average Bonchev–Trinajstić information content (AvgIpc) is 2.83. The third kappa shape index (κ3) is 4.22. The molecule has 1 fully saturated rings. The summed E-state index contributed by atoms with van der Waals surface area (Å²) in [6.45, 7) is 10.3. The minimum Gasteiger partial charge on any atom is -0.457 e. The third-order valence-corrected chi connectivity index (χ3v) is 6.53. The molecule has 0 amide bonds. The number of hydrogen-bond acceptors (Lipinski definition) is 4. The Kier molecular flexibility index (Phi) is 5.70. The maximum Gasteiger partial charge on any atom is 0.494 e. The molecular weight excluding hydrogens is 454 g/mol. The van der Waals surface area contributed by atoms with Crippen molar-refractivity contribution >= 4 is 41.1 Å². The van der Waals surface area contributed by atoms with Gasteiger partial charge in [0.1, 0.15) is 6.61 Å². The SMILES string of the molecule is Cc1c(I)cccc1C(=O)OCc1ccc(B2OC(C)(C)C(C)(C)O2)cc1. The molecule has 2 aromatic carbocycles. The molecule has 3 rings (SSSR count). The van der Waals surface area contributed by atoms with Crippen LogP contribution < -0.4 is 5.46 Å². The van der Waals surface area contributed by atoms with Crippen LogP contribution in [0, 0.1) is 10.5 Å². The van der Waals surface area contributed by atoms with E-state index in [4.69, 9.17) is 14.0 Å². The Morgan fingerprint density at radius 3 is 2.22 bits per heavy atom. The molecule has 0 bridgehead atoms. The van der Waals surface area contributed by atoms with Gasteiger partial charge in [-0.1, -0.05) is 30.3 Å². The van der Waals surface area contributed by atoms with Gasteiger partial charge in [-0.25, -0.2) is 4.79 Å². The van der Waals surface area contributed by atoms with Crippen LogP contribution in [0.1, 0.15) is 49.2 Å². The second kappa shape index (κ2) is 7.56. The minimum absolute atomic E-state index is 0.230. The summed E-state index contributed by atoms with van der Waals surface area (Å²) < 4.78 is 18.7. The van der Waals surface area contributed by atoms with Gasteiger partial charge in [-0.15, -0.1) is 0 Å².